The molecule has 0 saturated heterocycles. The van der Waals surface area contributed by atoms with Crippen LogP contribution in [0.2, 0.25) is 0 Å². The molecule has 0 aromatic carbocycles. The van der Waals surface area contributed by atoms with Crippen LogP contribution in [0.25, 0.3) is 0 Å². The monoisotopic (exact) mass is 216 g/mol. The van der Waals surface area contributed by atoms with Crippen LogP contribution in [0, 0.1) is 0 Å². The average molecular weight is 216 g/mol. The third-order valence-electron chi connectivity index (χ3n) is 1.88. The van der Waals surface area contributed by atoms with Crippen molar-refractivity contribution in [2.75, 3.05) is 13.2 Å². The first-order chi connectivity index (χ1) is 6.92. The topological polar surface area (TPSA) is 35.5 Å². The molecular weight excluding hydrogens is 192 g/mol. The highest BCUT2D eigenvalue weighted by molar-refractivity contribution is 5.65. The minimum Gasteiger partial charge on any atom is -0.466 e. The van der Waals surface area contributed by atoms with Gasteiger partial charge in [0.1, 0.15) is 0 Å². The van der Waals surface area contributed by atoms with Crippen LogP contribution in [0.15, 0.2) is 0 Å². The summed E-state index contributed by atoms with van der Waals surface area (Å²) in [5.74, 6) is -0.189. The summed E-state index contributed by atoms with van der Waals surface area (Å²) in [6.07, 6.45) is 4.27. The van der Waals surface area contributed by atoms with Crippen molar-refractivity contribution >= 4 is 5.97 Å². The molecule has 0 aliphatic rings. The van der Waals surface area contributed by atoms with E-state index in [1.54, 1.807) is 0 Å². The zero-order chi connectivity index (χ0) is 11.7. The maximum atomic E-state index is 10.4. The number of carbonyl (C=O) groups is 1. The van der Waals surface area contributed by atoms with Gasteiger partial charge in [-0.15, -0.1) is 0 Å². The third-order valence-corrected chi connectivity index (χ3v) is 1.88. The second-order valence-corrected chi connectivity index (χ2v) is 4.72. The summed E-state index contributed by atoms with van der Waals surface area (Å²) in [7, 11) is 0. The van der Waals surface area contributed by atoms with Crippen molar-refractivity contribution in [1.82, 2.24) is 0 Å². The summed E-state index contributed by atoms with van der Waals surface area (Å²) in [6.45, 7) is 9.00. The summed E-state index contributed by atoms with van der Waals surface area (Å²) in [6, 6.07) is 0. The fourth-order valence-electron chi connectivity index (χ4n) is 1.15. The lowest BCUT2D eigenvalue weighted by Crippen LogP contribution is -2.19. The smallest absolute Gasteiger partial charge is 0.302 e. The molecule has 15 heavy (non-hydrogen) atoms. The van der Waals surface area contributed by atoms with Gasteiger partial charge in [-0.1, -0.05) is 6.42 Å². The van der Waals surface area contributed by atoms with Crippen LogP contribution in [-0.2, 0) is 14.3 Å². The van der Waals surface area contributed by atoms with E-state index in [1.807, 2.05) is 0 Å². The van der Waals surface area contributed by atoms with Gasteiger partial charge < -0.3 is 9.47 Å². The Morgan fingerprint density at radius 2 is 1.53 bits per heavy atom. The molecule has 0 N–H and O–H groups in total. The molecule has 0 unspecified atom stereocenters. The van der Waals surface area contributed by atoms with Crippen molar-refractivity contribution in [2.45, 2.75) is 59.0 Å². The van der Waals surface area contributed by atoms with Crippen LogP contribution in [0.3, 0.4) is 0 Å². The van der Waals surface area contributed by atoms with Gasteiger partial charge in [0.25, 0.3) is 0 Å². The van der Waals surface area contributed by atoms with Gasteiger partial charge in [0.05, 0.1) is 12.2 Å². The van der Waals surface area contributed by atoms with Gasteiger partial charge >= 0.3 is 5.97 Å². The van der Waals surface area contributed by atoms with Crippen LogP contribution in [0.1, 0.15) is 53.4 Å². The van der Waals surface area contributed by atoms with Gasteiger partial charge in [-0.3, -0.25) is 4.79 Å². The number of hydrogen-bond donors (Lipinski definition) is 0. The van der Waals surface area contributed by atoms with Gasteiger partial charge in [0.2, 0.25) is 0 Å². The van der Waals surface area contributed by atoms with Crippen molar-refractivity contribution in [3.05, 3.63) is 0 Å². The van der Waals surface area contributed by atoms with Crippen LogP contribution < -0.4 is 0 Å². The first kappa shape index (κ1) is 14.4. The highest BCUT2D eigenvalue weighted by Gasteiger charge is 2.08. The van der Waals surface area contributed by atoms with Crippen LogP contribution in [-0.4, -0.2) is 24.8 Å². The third kappa shape index (κ3) is 13.4. The maximum absolute atomic E-state index is 10.4. The second kappa shape index (κ2) is 7.69. The van der Waals surface area contributed by atoms with E-state index in [9.17, 15) is 4.79 Å². The van der Waals surface area contributed by atoms with Crippen molar-refractivity contribution in [3.63, 3.8) is 0 Å². The van der Waals surface area contributed by atoms with Crippen LogP contribution in [0.5, 0.6) is 0 Å². The van der Waals surface area contributed by atoms with E-state index in [-0.39, 0.29) is 11.6 Å². The molecule has 0 fully saturated rings. The van der Waals surface area contributed by atoms with Gasteiger partial charge in [0, 0.05) is 13.5 Å². The first-order valence-corrected chi connectivity index (χ1v) is 5.69. The molecule has 0 heterocycles. The zero-order valence-electron chi connectivity index (χ0n) is 10.5. The largest absolute Gasteiger partial charge is 0.466 e. The summed E-state index contributed by atoms with van der Waals surface area (Å²) < 4.78 is 10.4. The Labute approximate surface area is 93.1 Å². The van der Waals surface area contributed by atoms with Gasteiger partial charge in [-0.25, -0.2) is 0 Å². The lowest BCUT2D eigenvalue weighted by Gasteiger charge is -2.19. The van der Waals surface area contributed by atoms with Crippen molar-refractivity contribution in [3.8, 4) is 0 Å². The Kier molecular flexibility index (Phi) is 7.39. The molecule has 0 aliphatic heterocycles. The zero-order valence-corrected chi connectivity index (χ0v) is 10.5. The Morgan fingerprint density at radius 3 is 2.00 bits per heavy atom. The Hall–Kier alpha value is -0.570. The number of rotatable bonds is 7. The van der Waals surface area contributed by atoms with Crippen molar-refractivity contribution in [1.29, 1.82) is 0 Å². The molecule has 0 amide bonds. The lowest BCUT2D eigenvalue weighted by molar-refractivity contribution is -0.141. The maximum Gasteiger partial charge on any atom is 0.302 e. The van der Waals surface area contributed by atoms with Gasteiger partial charge in [-0.05, 0) is 40.0 Å². The predicted octanol–water partition coefficient (Wildman–Crippen LogP) is 2.93. The summed E-state index contributed by atoms with van der Waals surface area (Å²) in [5.41, 5.74) is -0.0300. The Morgan fingerprint density at radius 1 is 1.00 bits per heavy atom. The molecule has 0 aromatic heterocycles. The number of carbonyl (C=O) groups excluding carboxylic acids is 1. The number of esters is 1. The van der Waals surface area contributed by atoms with Crippen molar-refractivity contribution in [2.24, 2.45) is 0 Å². The SMILES string of the molecule is CC(=O)OCCCCCCOC(C)(C)C. The Bertz CT molecular complexity index is 170. The molecule has 0 spiro atoms. The van der Waals surface area contributed by atoms with E-state index in [1.165, 1.54) is 6.92 Å². The molecule has 0 atom stereocenters. The molecule has 3 heteroatoms. The molecule has 0 saturated carbocycles. The first-order valence-electron chi connectivity index (χ1n) is 5.69. The molecule has 90 valence electrons. The summed E-state index contributed by atoms with van der Waals surface area (Å²) >= 11 is 0. The lowest BCUT2D eigenvalue weighted by atomic mass is 10.2. The molecule has 0 radical (unpaired) electrons. The molecule has 3 nitrogen and oxygen atoms in total. The highest BCUT2D eigenvalue weighted by Crippen LogP contribution is 2.08. The van der Waals surface area contributed by atoms with E-state index in [0.717, 1.165) is 32.3 Å². The second-order valence-electron chi connectivity index (χ2n) is 4.72. The van der Waals surface area contributed by atoms with E-state index in [2.05, 4.69) is 20.8 Å². The Balaban J connectivity index is 3.09. The summed E-state index contributed by atoms with van der Waals surface area (Å²) in [4.78, 5) is 10.4. The van der Waals surface area contributed by atoms with Crippen LogP contribution in [0.4, 0.5) is 0 Å². The number of hydrogen-bond acceptors (Lipinski definition) is 3. The minimum atomic E-state index is -0.189. The minimum absolute atomic E-state index is 0.0300. The molecule has 0 bridgehead atoms. The highest BCUT2D eigenvalue weighted by atomic mass is 16.5. The molecular formula is C12H24O3. The predicted molar refractivity (Wildman–Crippen MR) is 60.8 cm³/mol. The van der Waals surface area contributed by atoms with E-state index in [0.29, 0.717) is 6.61 Å². The fraction of sp³-hybridized carbons (Fsp3) is 0.917. The summed E-state index contributed by atoms with van der Waals surface area (Å²) in [5, 5.41) is 0. The van der Waals surface area contributed by atoms with E-state index < -0.39 is 0 Å². The molecule has 0 aromatic rings. The average Bonchev–Trinajstić information content (AvgIpc) is 2.07. The van der Waals surface area contributed by atoms with Gasteiger partial charge in [0.15, 0.2) is 0 Å². The van der Waals surface area contributed by atoms with Crippen molar-refractivity contribution < 1.29 is 14.3 Å². The molecule has 0 rings (SSSR count). The standard InChI is InChI=1S/C12H24O3/c1-11(13)14-9-7-5-6-8-10-15-12(2,3)4/h5-10H2,1-4H3. The normalized spacial score (nSPS) is 11.5. The number of unbranched alkanes of at least 4 members (excludes halogenated alkanes) is 3. The quantitative estimate of drug-likeness (QED) is 0.485. The van der Waals surface area contributed by atoms with E-state index in [4.69, 9.17) is 9.47 Å². The number of ether oxygens (including phenoxy) is 2. The van der Waals surface area contributed by atoms with Crippen LogP contribution >= 0.6 is 0 Å². The molecule has 0 aliphatic carbocycles. The van der Waals surface area contributed by atoms with E-state index >= 15 is 0 Å². The van der Waals surface area contributed by atoms with Gasteiger partial charge in [-0.2, -0.15) is 0 Å². The fourth-order valence-corrected chi connectivity index (χ4v) is 1.15.